The van der Waals surface area contributed by atoms with Gasteiger partial charge in [0.05, 0.1) is 40.4 Å². The van der Waals surface area contributed by atoms with E-state index < -0.39 is 31.4 Å². The van der Waals surface area contributed by atoms with Gasteiger partial charge in [0.1, 0.15) is 11.3 Å². The van der Waals surface area contributed by atoms with E-state index in [1.54, 1.807) is 19.4 Å². The molecular weight excluding hydrogens is 894 g/mol. The molecule has 5 aromatic rings. The minimum absolute atomic E-state index is 0.0344. The molecule has 2 aliphatic carbocycles. The van der Waals surface area contributed by atoms with Crippen molar-refractivity contribution in [1.29, 1.82) is 0 Å². The summed E-state index contributed by atoms with van der Waals surface area (Å²) in [7, 11) is -2.91. The fraction of sp³-hybridized carbons (Fsp3) is 0.440. The number of nitro benzene ring substituents is 1. The second kappa shape index (κ2) is 19.5. The molecule has 0 unspecified atom stereocenters. The number of aromatic amines is 1. The number of nitrogens with zero attached hydrogens (tertiary/aromatic N) is 5. The average Bonchev–Trinajstić information content (AvgIpc) is 3.69. The normalized spacial score (nSPS) is 20.2. The molecule has 2 aromatic heterocycles. The van der Waals surface area contributed by atoms with Gasteiger partial charge >= 0.3 is 5.69 Å². The molecule has 2 N–H and O–H groups in total. The second-order valence-electron chi connectivity index (χ2n) is 19.0. The molecule has 4 heterocycles. The Hall–Kier alpha value is -5.68. The number of allylic oxidation sites excluding steroid dienone is 1. The summed E-state index contributed by atoms with van der Waals surface area (Å²) in [5.74, 6) is -0.337. The lowest BCUT2D eigenvalue weighted by Gasteiger charge is -2.39. The minimum Gasteiger partial charge on any atom is -0.487 e. The molecule has 67 heavy (non-hydrogen) atoms. The molecule has 2 fully saturated rings. The number of H-pyrrole nitrogens is 1. The van der Waals surface area contributed by atoms with Crippen LogP contribution in [0.3, 0.4) is 0 Å². The average molecular weight is 953 g/mol. The van der Waals surface area contributed by atoms with Crippen LogP contribution in [-0.4, -0.2) is 99.8 Å². The Morgan fingerprint density at radius 3 is 2.51 bits per heavy atom. The third kappa shape index (κ3) is 10.4. The number of amides is 1. The summed E-state index contributed by atoms with van der Waals surface area (Å²) < 4.78 is 47.7. The third-order valence-corrected chi connectivity index (χ3v) is 15.4. The van der Waals surface area contributed by atoms with Gasteiger partial charge in [-0.05, 0) is 128 Å². The number of halogens is 1. The number of hydrogen-bond donors (Lipinski definition) is 2. The predicted octanol–water partition coefficient (Wildman–Crippen LogP) is 9.53. The van der Waals surface area contributed by atoms with Crippen LogP contribution >= 0.6 is 11.6 Å². The third-order valence-electron chi connectivity index (χ3n) is 13.8. The number of aromatic nitrogens is 2. The Bertz CT molecular complexity index is 2780. The van der Waals surface area contributed by atoms with E-state index >= 15 is 0 Å². The number of anilines is 3. The van der Waals surface area contributed by atoms with Crippen LogP contribution in [0.2, 0.25) is 5.02 Å². The van der Waals surface area contributed by atoms with Crippen LogP contribution in [0.5, 0.6) is 11.6 Å². The van der Waals surface area contributed by atoms with Gasteiger partial charge in [-0.2, -0.15) is 4.98 Å². The molecule has 354 valence electrons. The Kier molecular flexibility index (Phi) is 13.5. The van der Waals surface area contributed by atoms with E-state index in [0.29, 0.717) is 42.5 Å². The summed E-state index contributed by atoms with van der Waals surface area (Å²) in [5, 5.41) is 13.8. The van der Waals surface area contributed by atoms with Crippen LogP contribution in [-0.2, 0) is 14.8 Å². The molecule has 9 rings (SSSR count). The first kappa shape index (κ1) is 46.4. The Balaban J connectivity index is 0.973. The Labute approximate surface area is 396 Å². The number of carbonyl (C=O) groups excluding carboxylic acids is 1. The fourth-order valence-corrected chi connectivity index (χ4v) is 11.1. The lowest BCUT2D eigenvalue weighted by atomic mass is 9.72. The number of nitro groups is 1. The smallest absolute Gasteiger partial charge is 0.312 e. The molecule has 0 spiro atoms. The van der Waals surface area contributed by atoms with E-state index in [0.717, 1.165) is 99.8 Å². The lowest BCUT2D eigenvalue weighted by Crippen LogP contribution is -2.47. The van der Waals surface area contributed by atoms with E-state index in [2.05, 4.69) is 45.5 Å². The summed E-state index contributed by atoms with van der Waals surface area (Å²) >= 11 is 6.28. The molecule has 4 aliphatic rings. The second-order valence-corrected chi connectivity index (χ2v) is 21.1. The number of rotatable bonds is 13. The van der Waals surface area contributed by atoms with Crippen molar-refractivity contribution in [3.05, 3.63) is 111 Å². The first-order valence-corrected chi connectivity index (χ1v) is 25.1. The van der Waals surface area contributed by atoms with Gasteiger partial charge in [-0.3, -0.25) is 19.8 Å². The van der Waals surface area contributed by atoms with Crippen molar-refractivity contribution in [2.75, 3.05) is 69.4 Å². The van der Waals surface area contributed by atoms with E-state index in [4.69, 9.17) is 30.8 Å². The van der Waals surface area contributed by atoms with Crippen molar-refractivity contribution in [3.8, 4) is 11.6 Å². The SMILES string of the molecule is CO[C@H]1CC[C@H](COc2ccc(S(=O)(=O)NC(=O)c3ccc(N4CCN(CC5=C(c6ccc(Cl)cc6)CC(C)(C)CC5)CC4)cc3N3CCCOc4nc5[nH]ccc5cc43)cc2[N+](=O)[O-])CC1. The number of sulfonamides is 1. The lowest BCUT2D eigenvalue weighted by molar-refractivity contribution is -0.386. The first-order valence-electron chi connectivity index (χ1n) is 23.2. The van der Waals surface area contributed by atoms with Crippen molar-refractivity contribution in [2.45, 2.75) is 76.2 Å². The van der Waals surface area contributed by atoms with Gasteiger partial charge in [0.25, 0.3) is 15.9 Å². The minimum atomic E-state index is -4.60. The number of nitrogens with one attached hydrogen (secondary N) is 2. The number of piperazine rings is 1. The summed E-state index contributed by atoms with van der Waals surface area (Å²) in [6.07, 6.45) is 9.27. The zero-order valence-corrected chi connectivity index (χ0v) is 39.8. The monoisotopic (exact) mass is 951 g/mol. The number of carbonyl (C=O) groups is 1. The number of methoxy groups -OCH3 is 1. The molecule has 2 aliphatic heterocycles. The number of hydrogen-bond acceptors (Lipinski definition) is 12. The Morgan fingerprint density at radius 2 is 1.76 bits per heavy atom. The van der Waals surface area contributed by atoms with Crippen LogP contribution in [0.1, 0.15) is 81.1 Å². The van der Waals surface area contributed by atoms with E-state index in [-0.39, 0.29) is 35.4 Å². The highest BCUT2D eigenvalue weighted by Gasteiger charge is 2.32. The van der Waals surface area contributed by atoms with E-state index in [1.165, 1.54) is 28.8 Å². The maximum atomic E-state index is 14.4. The van der Waals surface area contributed by atoms with Crippen LogP contribution < -0.4 is 24.0 Å². The molecule has 3 aromatic carbocycles. The van der Waals surface area contributed by atoms with E-state index in [1.807, 2.05) is 41.3 Å². The highest BCUT2D eigenvalue weighted by atomic mass is 35.5. The molecule has 1 amide bonds. The van der Waals surface area contributed by atoms with Gasteiger partial charge in [-0.25, -0.2) is 13.1 Å². The molecule has 17 heteroatoms. The largest absolute Gasteiger partial charge is 0.487 e. The van der Waals surface area contributed by atoms with Crippen LogP contribution in [0.4, 0.5) is 22.7 Å². The first-order chi connectivity index (χ1) is 32.2. The zero-order chi connectivity index (χ0) is 46.9. The van der Waals surface area contributed by atoms with Crippen LogP contribution in [0, 0.1) is 21.4 Å². The molecule has 0 bridgehead atoms. The summed E-state index contributed by atoms with van der Waals surface area (Å²) in [6, 6.07) is 21.0. The molecule has 1 saturated heterocycles. The zero-order valence-electron chi connectivity index (χ0n) is 38.3. The highest BCUT2D eigenvalue weighted by molar-refractivity contribution is 7.90. The van der Waals surface area contributed by atoms with Crippen molar-refractivity contribution < 1.29 is 32.3 Å². The predicted molar refractivity (Wildman–Crippen MR) is 260 cm³/mol. The number of ether oxygens (including phenoxy) is 3. The molecule has 1 saturated carbocycles. The quantitative estimate of drug-likeness (QED) is 0.0847. The van der Waals surface area contributed by atoms with Gasteiger partial charge in [-0.1, -0.05) is 43.2 Å². The number of pyridine rings is 1. The summed E-state index contributed by atoms with van der Waals surface area (Å²) in [4.78, 5) is 40.2. The van der Waals surface area contributed by atoms with Crippen molar-refractivity contribution >= 4 is 66.9 Å². The van der Waals surface area contributed by atoms with Crippen molar-refractivity contribution in [2.24, 2.45) is 11.3 Å². The standard InChI is InChI=1S/C50H58ClN7O8S/c1-50(2)19-17-36(42(30-50)34-7-9-37(51)10-8-34)31-55-22-24-56(25-23-55)38-11-15-41(43(28-38)57-21-4-26-65-49-45(57)27-35-18-20-52-47(35)53-49)48(59)54-67(62,63)40-14-16-46(44(29-40)58(60)61)66-32-33-5-12-39(64-3)13-6-33/h7-11,14-16,18,20,27-29,33,39H,4-6,12-13,17,19,21-26,30-32H2,1-3H3,(H,52,53)(H,54,59)/t33-,39-. The topological polar surface area (TPSA) is 172 Å². The van der Waals surface area contributed by atoms with Gasteiger partial charge < -0.3 is 29.0 Å². The molecule has 15 nitrogen and oxygen atoms in total. The van der Waals surface area contributed by atoms with Crippen LogP contribution in [0.25, 0.3) is 16.6 Å². The van der Waals surface area contributed by atoms with Gasteiger partial charge in [0.15, 0.2) is 5.75 Å². The Morgan fingerprint density at radius 1 is 0.985 bits per heavy atom. The fourth-order valence-electron chi connectivity index (χ4n) is 9.95. The highest BCUT2D eigenvalue weighted by Crippen LogP contribution is 2.44. The van der Waals surface area contributed by atoms with Gasteiger partial charge in [0, 0.05) is 74.7 Å². The summed E-state index contributed by atoms with van der Waals surface area (Å²) in [5.41, 5.74) is 6.61. The maximum Gasteiger partial charge on any atom is 0.312 e. The van der Waals surface area contributed by atoms with E-state index in [9.17, 15) is 23.3 Å². The number of fused-ring (bicyclic) bond motifs is 2. The van der Waals surface area contributed by atoms with Gasteiger partial charge in [0.2, 0.25) is 5.88 Å². The number of benzene rings is 3. The molecule has 0 radical (unpaired) electrons. The van der Waals surface area contributed by atoms with Crippen molar-refractivity contribution in [3.63, 3.8) is 0 Å². The molecular formula is C50H58ClN7O8S. The summed E-state index contributed by atoms with van der Waals surface area (Å²) in [6.45, 7) is 9.83. The van der Waals surface area contributed by atoms with Crippen molar-refractivity contribution in [1.82, 2.24) is 19.6 Å². The van der Waals surface area contributed by atoms with Crippen LogP contribution in [0.15, 0.2) is 89.5 Å². The maximum absolute atomic E-state index is 14.4. The van der Waals surface area contributed by atoms with Gasteiger partial charge in [-0.15, -0.1) is 0 Å². The molecule has 0 atom stereocenters.